The van der Waals surface area contributed by atoms with Crippen molar-refractivity contribution in [3.05, 3.63) is 107 Å². The number of anilines is 1. The lowest BCUT2D eigenvalue weighted by Gasteiger charge is -2.31. The number of sulfone groups is 1. The van der Waals surface area contributed by atoms with Gasteiger partial charge in [0, 0.05) is 24.0 Å². The molecule has 4 aromatic carbocycles. The number of benzene rings is 4. The van der Waals surface area contributed by atoms with Crippen LogP contribution in [-0.2, 0) is 22.7 Å². The highest BCUT2D eigenvalue weighted by atomic mass is 32.2. The number of nitrogens with zero attached hydrogens (tertiary/aromatic N) is 2. The molecular formula is C35H31N3O7S. The lowest BCUT2D eigenvalue weighted by Crippen LogP contribution is -2.31. The molecule has 7 rings (SSSR count). The predicted molar refractivity (Wildman–Crippen MR) is 174 cm³/mol. The number of carbonyl (C=O) groups is 1. The van der Waals surface area contributed by atoms with Crippen molar-refractivity contribution in [1.29, 1.82) is 0 Å². The average molecular weight is 638 g/mol. The van der Waals surface area contributed by atoms with Crippen LogP contribution in [0.25, 0.3) is 11.0 Å². The molecule has 2 aliphatic heterocycles. The SMILES string of the molecule is COc1ccc(C2Cc3ccc(OC)c4occ(c34)CCN2C)c2c1C(=O)/C(=N/Nc1cccc(Oc3ccccc3)c1)S2(=O)=O. The zero-order valence-electron chi connectivity index (χ0n) is 25.4. The largest absolute Gasteiger partial charge is 0.496 e. The Morgan fingerprint density at radius 2 is 1.67 bits per heavy atom. The van der Waals surface area contributed by atoms with Gasteiger partial charge in [-0.25, -0.2) is 8.42 Å². The van der Waals surface area contributed by atoms with E-state index in [1.54, 1.807) is 49.8 Å². The summed E-state index contributed by atoms with van der Waals surface area (Å²) in [6.07, 6.45) is 2.93. The normalized spacial score (nSPS) is 18.2. The monoisotopic (exact) mass is 637 g/mol. The van der Waals surface area contributed by atoms with E-state index in [1.807, 2.05) is 49.5 Å². The van der Waals surface area contributed by atoms with Gasteiger partial charge in [-0.15, -0.1) is 0 Å². The van der Waals surface area contributed by atoms with E-state index in [9.17, 15) is 13.2 Å². The predicted octanol–water partition coefficient (Wildman–Crippen LogP) is 6.41. The molecule has 0 saturated heterocycles. The van der Waals surface area contributed by atoms with Crippen molar-refractivity contribution < 1.29 is 31.8 Å². The number of hydrazone groups is 1. The number of hydrogen-bond acceptors (Lipinski definition) is 10. The van der Waals surface area contributed by atoms with Gasteiger partial charge in [0.05, 0.1) is 36.6 Å². The number of para-hydroxylation sites is 1. The number of rotatable bonds is 7. The number of ether oxygens (including phenoxy) is 3. The van der Waals surface area contributed by atoms with Gasteiger partial charge in [0.15, 0.2) is 11.3 Å². The molecule has 1 N–H and O–H groups in total. The number of carbonyl (C=O) groups excluding carboxylic acids is 1. The Bertz CT molecular complexity index is 2120. The summed E-state index contributed by atoms with van der Waals surface area (Å²) in [6.45, 7) is 0.634. The van der Waals surface area contributed by atoms with Crippen molar-refractivity contribution in [2.45, 2.75) is 23.8 Å². The Balaban J connectivity index is 1.27. The molecule has 1 atom stereocenters. The highest BCUT2D eigenvalue weighted by Crippen LogP contribution is 2.44. The van der Waals surface area contributed by atoms with E-state index in [1.165, 1.54) is 7.11 Å². The third-order valence-electron chi connectivity index (χ3n) is 8.52. The summed E-state index contributed by atoms with van der Waals surface area (Å²) >= 11 is 0. The summed E-state index contributed by atoms with van der Waals surface area (Å²) in [6, 6.07) is 23.0. The second-order valence-corrected chi connectivity index (χ2v) is 13.0. The molecule has 46 heavy (non-hydrogen) atoms. The Kier molecular flexibility index (Phi) is 7.50. The first-order valence-electron chi connectivity index (χ1n) is 14.7. The number of likely N-dealkylation sites (N-methyl/N-ethyl adjacent to an activating group) is 1. The smallest absolute Gasteiger partial charge is 0.230 e. The molecule has 11 heteroatoms. The molecule has 0 radical (unpaired) electrons. The second-order valence-electron chi connectivity index (χ2n) is 11.2. The molecule has 10 nitrogen and oxygen atoms in total. The number of methoxy groups -OCH3 is 2. The number of hydrogen-bond donors (Lipinski definition) is 1. The lowest BCUT2D eigenvalue weighted by molar-refractivity contribution is 0.106. The van der Waals surface area contributed by atoms with Gasteiger partial charge in [-0.05, 0) is 73.0 Å². The fourth-order valence-corrected chi connectivity index (χ4v) is 7.95. The van der Waals surface area contributed by atoms with Gasteiger partial charge < -0.3 is 18.6 Å². The van der Waals surface area contributed by atoms with Crippen LogP contribution in [0.5, 0.6) is 23.0 Å². The summed E-state index contributed by atoms with van der Waals surface area (Å²) in [5.41, 5.74) is 6.43. The van der Waals surface area contributed by atoms with Crippen LogP contribution < -0.4 is 19.6 Å². The number of furan rings is 1. The fraction of sp³-hybridized carbons (Fsp3) is 0.200. The Morgan fingerprint density at radius 1 is 0.913 bits per heavy atom. The van der Waals surface area contributed by atoms with Crippen LogP contribution in [0.4, 0.5) is 5.69 Å². The Morgan fingerprint density at radius 3 is 2.46 bits per heavy atom. The third-order valence-corrected chi connectivity index (χ3v) is 10.3. The quantitative estimate of drug-likeness (QED) is 0.202. The van der Waals surface area contributed by atoms with Crippen molar-refractivity contribution >= 4 is 37.3 Å². The number of nitrogens with one attached hydrogen (secondary N) is 1. The molecule has 2 aliphatic rings. The van der Waals surface area contributed by atoms with Gasteiger partial charge >= 0.3 is 0 Å². The molecule has 3 heterocycles. The first-order valence-corrected chi connectivity index (χ1v) is 16.2. The lowest BCUT2D eigenvalue weighted by atomic mass is 9.90. The van der Waals surface area contributed by atoms with Crippen LogP contribution in [0.1, 0.15) is 33.1 Å². The molecule has 0 aliphatic carbocycles. The van der Waals surface area contributed by atoms with E-state index in [4.69, 9.17) is 18.6 Å². The van der Waals surface area contributed by atoms with Crippen LogP contribution in [0, 0.1) is 0 Å². The molecule has 234 valence electrons. The summed E-state index contributed by atoms with van der Waals surface area (Å²) in [7, 11) is 0.640. The Labute approximate surface area is 266 Å². The molecule has 0 bridgehead atoms. The first kappa shape index (κ1) is 29.6. The second kappa shape index (κ2) is 11.7. The minimum absolute atomic E-state index is 0.0129. The van der Waals surface area contributed by atoms with E-state index in [0.29, 0.717) is 53.5 Å². The summed E-state index contributed by atoms with van der Waals surface area (Å²) < 4.78 is 51.3. The zero-order valence-corrected chi connectivity index (χ0v) is 26.3. The maximum Gasteiger partial charge on any atom is 0.230 e. The van der Waals surface area contributed by atoms with Crippen molar-refractivity contribution in [2.24, 2.45) is 5.10 Å². The molecule has 1 unspecified atom stereocenters. The highest BCUT2D eigenvalue weighted by Gasteiger charge is 2.47. The number of fused-ring (bicyclic) bond motifs is 1. The standard InChI is InChI=1S/C35H31N3O7S/c1-38-17-16-22-20-44-33-29(43-3)14-12-21(30(22)33)18-27(38)26-13-15-28(42-2)31-32(39)35(46(40,41)34(26)31)37-36-23-8-7-11-25(19-23)45-24-9-5-4-6-10-24/h4-15,19-20,27,36H,16-18H2,1-3H3/b37-35-. The number of Topliss-reactive ketones (excluding diaryl/α,β-unsaturated/α-hetero) is 1. The minimum Gasteiger partial charge on any atom is -0.496 e. The van der Waals surface area contributed by atoms with Crippen LogP contribution in [0.3, 0.4) is 0 Å². The summed E-state index contributed by atoms with van der Waals surface area (Å²) in [5, 5.41) is 4.54. The van der Waals surface area contributed by atoms with E-state index in [0.717, 1.165) is 16.5 Å². The molecule has 0 fully saturated rings. The molecule has 0 spiro atoms. The molecule has 0 saturated carbocycles. The topological polar surface area (TPSA) is 120 Å². The van der Waals surface area contributed by atoms with E-state index in [-0.39, 0.29) is 22.3 Å². The van der Waals surface area contributed by atoms with E-state index in [2.05, 4.69) is 15.4 Å². The van der Waals surface area contributed by atoms with E-state index >= 15 is 0 Å². The van der Waals surface area contributed by atoms with Gasteiger partial charge in [0.2, 0.25) is 20.7 Å². The highest BCUT2D eigenvalue weighted by molar-refractivity contribution is 8.09. The van der Waals surface area contributed by atoms with Crippen LogP contribution >= 0.6 is 0 Å². The molecule has 0 amide bonds. The van der Waals surface area contributed by atoms with Crippen molar-refractivity contribution in [3.63, 3.8) is 0 Å². The maximum absolute atomic E-state index is 14.2. The van der Waals surface area contributed by atoms with Gasteiger partial charge in [-0.1, -0.05) is 36.4 Å². The van der Waals surface area contributed by atoms with E-state index < -0.39 is 20.7 Å². The van der Waals surface area contributed by atoms with Gasteiger partial charge in [0.1, 0.15) is 17.2 Å². The molecule has 1 aromatic heterocycles. The zero-order chi connectivity index (χ0) is 32.0. The minimum atomic E-state index is -4.33. The van der Waals surface area contributed by atoms with Gasteiger partial charge in [-0.2, -0.15) is 5.10 Å². The molecule has 5 aromatic rings. The van der Waals surface area contributed by atoms with Crippen LogP contribution in [-0.4, -0.2) is 52.0 Å². The van der Waals surface area contributed by atoms with Gasteiger partial charge in [0.25, 0.3) is 0 Å². The summed E-state index contributed by atoms with van der Waals surface area (Å²) in [5.74, 6) is 1.25. The van der Waals surface area contributed by atoms with Crippen molar-refractivity contribution in [2.75, 3.05) is 33.2 Å². The Hall–Kier alpha value is -5.13. The van der Waals surface area contributed by atoms with Gasteiger partial charge in [-0.3, -0.25) is 15.1 Å². The number of ketones is 1. The third kappa shape index (κ3) is 4.97. The fourth-order valence-electron chi connectivity index (χ4n) is 6.26. The van der Waals surface area contributed by atoms with Crippen LogP contribution in [0.2, 0.25) is 0 Å². The first-order chi connectivity index (χ1) is 22.3. The van der Waals surface area contributed by atoms with Crippen LogP contribution in [0.15, 0.2) is 99.5 Å². The maximum atomic E-state index is 14.2. The van der Waals surface area contributed by atoms with Crippen molar-refractivity contribution in [1.82, 2.24) is 4.90 Å². The van der Waals surface area contributed by atoms with Crippen molar-refractivity contribution in [3.8, 4) is 23.0 Å². The average Bonchev–Trinajstić information content (AvgIpc) is 3.57. The molecular weight excluding hydrogens is 606 g/mol. The summed E-state index contributed by atoms with van der Waals surface area (Å²) in [4.78, 5) is 15.9.